The van der Waals surface area contributed by atoms with Crippen molar-refractivity contribution >= 4 is 22.4 Å². The van der Waals surface area contributed by atoms with E-state index in [1.54, 1.807) is 11.3 Å². The number of carboxylic acids is 1. The molecule has 1 atom stereocenters. The maximum Gasteiger partial charge on any atom is 0.308 e. The minimum Gasteiger partial charge on any atom is -0.481 e. The monoisotopic (exact) mass is 330 g/mol. The van der Waals surface area contributed by atoms with Gasteiger partial charge in [0, 0.05) is 24.0 Å². The summed E-state index contributed by atoms with van der Waals surface area (Å²) in [6.07, 6.45) is 1.68. The molecule has 0 saturated carbocycles. The van der Waals surface area contributed by atoms with Gasteiger partial charge in [-0.3, -0.25) is 4.79 Å². The van der Waals surface area contributed by atoms with Gasteiger partial charge in [-0.15, -0.1) is 11.3 Å². The predicted molar refractivity (Wildman–Crippen MR) is 94.2 cm³/mol. The van der Waals surface area contributed by atoms with E-state index in [0.717, 1.165) is 35.8 Å². The third kappa shape index (κ3) is 3.55. The predicted octanol–water partition coefficient (Wildman–Crippen LogP) is 4.23. The lowest BCUT2D eigenvalue weighted by molar-refractivity contribution is -0.141. The largest absolute Gasteiger partial charge is 0.481 e. The number of anilines is 1. The first-order valence-corrected chi connectivity index (χ1v) is 8.96. The Bertz CT molecular complexity index is 679. The molecule has 0 bridgehead atoms. The fraction of sp³-hybridized carbons (Fsp3) is 0.444. The molecule has 1 aromatic heterocycles. The second-order valence-electron chi connectivity index (χ2n) is 6.42. The number of rotatable bonds is 4. The first-order chi connectivity index (χ1) is 11.0. The maximum absolute atomic E-state index is 11.2. The molecule has 1 fully saturated rings. The summed E-state index contributed by atoms with van der Waals surface area (Å²) >= 11 is 1.60. The normalized spacial score (nSPS) is 18.4. The van der Waals surface area contributed by atoms with Crippen LogP contribution in [0.4, 0.5) is 5.13 Å². The number of thiazole rings is 1. The van der Waals surface area contributed by atoms with E-state index in [1.807, 2.05) is 0 Å². The topological polar surface area (TPSA) is 53.4 Å². The molecule has 0 spiro atoms. The molecule has 0 radical (unpaired) electrons. The van der Waals surface area contributed by atoms with Crippen molar-refractivity contribution in [2.75, 3.05) is 18.0 Å². The fourth-order valence-electron chi connectivity index (χ4n) is 2.93. The van der Waals surface area contributed by atoms with Crippen molar-refractivity contribution in [1.29, 1.82) is 0 Å². The number of piperidine rings is 1. The molecule has 0 amide bonds. The van der Waals surface area contributed by atoms with Crippen LogP contribution in [0.2, 0.25) is 0 Å². The number of benzene rings is 1. The van der Waals surface area contributed by atoms with Crippen molar-refractivity contribution in [3.63, 3.8) is 0 Å². The Hall–Kier alpha value is -1.88. The molecular formula is C18H22N2O2S. The molecule has 1 aliphatic rings. The molecule has 23 heavy (non-hydrogen) atoms. The van der Waals surface area contributed by atoms with Gasteiger partial charge in [0.05, 0.1) is 11.6 Å². The van der Waals surface area contributed by atoms with E-state index >= 15 is 0 Å². The fourth-order valence-corrected chi connectivity index (χ4v) is 3.81. The summed E-state index contributed by atoms with van der Waals surface area (Å²) in [7, 11) is 0. The number of nitrogens with zero attached hydrogens (tertiary/aromatic N) is 2. The molecule has 5 heteroatoms. The van der Waals surface area contributed by atoms with Gasteiger partial charge in [-0.25, -0.2) is 4.98 Å². The van der Waals surface area contributed by atoms with Crippen molar-refractivity contribution in [1.82, 2.24) is 4.98 Å². The SMILES string of the molecule is CC(C)c1ccc(-c2csc(N3CCCC(C(=O)O)C3)n2)cc1. The lowest BCUT2D eigenvalue weighted by Gasteiger charge is -2.30. The average Bonchev–Trinajstić information content (AvgIpc) is 3.05. The van der Waals surface area contributed by atoms with Crippen LogP contribution in [0, 0.1) is 5.92 Å². The molecule has 0 aliphatic carbocycles. The summed E-state index contributed by atoms with van der Waals surface area (Å²) in [5.41, 5.74) is 3.41. The van der Waals surface area contributed by atoms with Crippen LogP contribution in [0.25, 0.3) is 11.3 Å². The van der Waals surface area contributed by atoms with Crippen LogP contribution < -0.4 is 4.90 Å². The van der Waals surface area contributed by atoms with Crippen LogP contribution in [0.1, 0.15) is 38.2 Å². The second-order valence-corrected chi connectivity index (χ2v) is 7.25. The Labute approximate surface area is 140 Å². The van der Waals surface area contributed by atoms with Gasteiger partial charge in [-0.05, 0) is 24.3 Å². The zero-order valence-electron chi connectivity index (χ0n) is 13.5. The number of hydrogen-bond donors (Lipinski definition) is 1. The third-order valence-electron chi connectivity index (χ3n) is 4.41. The Morgan fingerprint density at radius 2 is 2.09 bits per heavy atom. The molecule has 3 rings (SSSR count). The smallest absolute Gasteiger partial charge is 0.308 e. The van der Waals surface area contributed by atoms with Crippen LogP contribution in [-0.4, -0.2) is 29.1 Å². The van der Waals surface area contributed by atoms with Crippen molar-refractivity contribution in [3.8, 4) is 11.3 Å². The molecule has 1 aromatic carbocycles. The quantitative estimate of drug-likeness (QED) is 0.911. The highest BCUT2D eigenvalue weighted by atomic mass is 32.1. The highest BCUT2D eigenvalue weighted by molar-refractivity contribution is 7.14. The molecular weight excluding hydrogens is 308 g/mol. The van der Waals surface area contributed by atoms with Gasteiger partial charge in [0.2, 0.25) is 0 Å². The lowest BCUT2D eigenvalue weighted by Crippen LogP contribution is -2.38. The van der Waals surface area contributed by atoms with E-state index in [2.05, 4.69) is 48.4 Å². The first-order valence-electron chi connectivity index (χ1n) is 8.08. The van der Waals surface area contributed by atoms with Gasteiger partial charge in [-0.1, -0.05) is 38.1 Å². The molecule has 1 aliphatic heterocycles. The van der Waals surface area contributed by atoms with E-state index in [-0.39, 0.29) is 5.92 Å². The Balaban J connectivity index is 1.76. The standard InChI is InChI=1S/C18H22N2O2S/c1-12(2)13-5-7-14(8-6-13)16-11-23-18(19-16)20-9-3-4-15(10-20)17(21)22/h5-8,11-12,15H,3-4,9-10H2,1-2H3,(H,21,22). The van der Waals surface area contributed by atoms with Crippen LogP contribution >= 0.6 is 11.3 Å². The molecule has 1 N–H and O–H groups in total. The van der Waals surface area contributed by atoms with Gasteiger partial charge in [0.25, 0.3) is 0 Å². The summed E-state index contributed by atoms with van der Waals surface area (Å²) in [4.78, 5) is 18.0. The van der Waals surface area contributed by atoms with Crippen molar-refractivity contribution in [2.24, 2.45) is 5.92 Å². The summed E-state index contributed by atoms with van der Waals surface area (Å²) in [6, 6.07) is 8.54. The van der Waals surface area contributed by atoms with E-state index in [1.165, 1.54) is 5.56 Å². The summed E-state index contributed by atoms with van der Waals surface area (Å²) in [5, 5.41) is 12.2. The minimum absolute atomic E-state index is 0.276. The Kier molecular flexibility index (Phi) is 4.66. The summed E-state index contributed by atoms with van der Waals surface area (Å²) in [5.74, 6) is -0.450. The summed E-state index contributed by atoms with van der Waals surface area (Å²) < 4.78 is 0. The lowest BCUT2D eigenvalue weighted by atomic mass is 9.99. The number of aromatic nitrogens is 1. The van der Waals surface area contributed by atoms with Crippen LogP contribution in [0.3, 0.4) is 0 Å². The number of carbonyl (C=O) groups is 1. The molecule has 1 unspecified atom stereocenters. The van der Waals surface area contributed by atoms with E-state index < -0.39 is 5.97 Å². The van der Waals surface area contributed by atoms with E-state index in [4.69, 9.17) is 4.98 Å². The van der Waals surface area contributed by atoms with Crippen LogP contribution in [0.15, 0.2) is 29.6 Å². The van der Waals surface area contributed by atoms with Gasteiger partial charge in [0.1, 0.15) is 0 Å². The highest BCUT2D eigenvalue weighted by Crippen LogP contribution is 2.31. The average molecular weight is 330 g/mol. The first kappa shape index (κ1) is 16.0. The van der Waals surface area contributed by atoms with Crippen molar-refractivity contribution in [2.45, 2.75) is 32.6 Å². The van der Waals surface area contributed by atoms with Gasteiger partial charge in [-0.2, -0.15) is 0 Å². The maximum atomic E-state index is 11.2. The van der Waals surface area contributed by atoms with E-state index in [0.29, 0.717) is 12.5 Å². The Morgan fingerprint density at radius 1 is 1.35 bits per heavy atom. The summed E-state index contributed by atoms with van der Waals surface area (Å²) in [6.45, 7) is 5.83. The second kappa shape index (κ2) is 6.71. The van der Waals surface area contributed by atoms with Crippen LogP contribution in [-0.2, 0) is 4.79 Å². The zero-order valence-corrected chi connectivity index (χ0v) is 14.3. The van der Waals surface area contributed by atoms with Gasteiger partial charge >= 0.3 is 5.97 Å². The van der Waals surface area contributed by atoms with Crippen molar-refractivity contribution < 1.29 is 9.90 Å². The zero-order chi connectivity index (χ0) is 16.4. The van der Waals surface area contributed by atoms with Crippen LogP contribution in [0.5, 0.6) is 0 Å². The molecule has 4 nitrogen and oxygen atoms in total. The number of hydrogen-bond acceptors (Lipinski definition) is 4. The number of aliphatic carboxylic acids is 1. The van der Waals surface area contributed by atoms with E-state index in [9.17, 15) is 9.90 Å². The third-order valence-corrected chi connectivity index (χ3v) is 5.31. The van der Waals surface area contributed by atoms with Gasteiger partial charge < -0.3 is 10.0 Å². The van der Waals surface area contributed by atoms with Crippen molar-refractivity contribution in [3.05, 3.63) is 35.2 Å². The Morgan fingerprint density at radius 3 is 2.74 bits per heavy atom. The minimum atomic E-state index is -0.698. The van der Waals surface area contributed by atoms with Gasteiger partial charge in [0.15, 0.2) is 5.13 Å². The molecule has 1 saturated heterocycles. The number of carboxylic acid groups (broad SMARTS) is 1. The molecule has 2 aromatic rings. The molecule has 2 heterocycles. The molecule has 122 valence electrons. The highest BCUT2D eigenvalue weighted by Gasteiger charge is 2.26.